The van der Waals surface area contributed by atoms with E-state index in [1.165, 1.54) is 11.3 Å². The molecule has 2 aromatic heterocycles. The molecule has 5 nitrogen and oxygen atoms in total. The number of fused-ring (bicyclic) bond motifs is 1. The zero-order valence-electron chi connectivity index (χ0n) is 18.6. The molecular formula is C23H30N4OS. The first-order valence-electron chi connectivity index (χ1n) is 9.79. The lowest BCUT2D eigenvalue weighted by Crippen LogP contribution is -2.26. The van der Waals surface area contributed by atoms with Crippen molar-refractivity contribution >= 4 is 33.1 Å². The summed E-state index contributed by atoms with van der Waals surface area (Å²) < 4.78 is 0. The summed E-state index contributed by atoms with van der Waals surface area (Å²) in [5.41, 5.74) is 4.04. The van der Waals surface area contributed by atoms with Crippen LogP contribution in [0.25, 0.3) is 10.2 Å². The third-order valence-electron chi connectivity index (χ3n) is 5.06. The van der Waals surface area contributed by atoms with Crippen molar-refractivity contribution < 1.29 is 4.79 Å². The van der Waals surface area contributed by atoms with Crippen LogP contribution in [-0.2, 0) is 12.0 Å². The summed E-state index contributed by atoms with van der Waals surface area (Å²) >= 11 is 1.47. The lowest BCUT2D eigenvalue weighted by Gasteiger charge is -2.18. The first kappa shape index (κ1) is 21.2. The molecule has 0 saturated heterocycles. The van der Waals surface area contributed by atoms with Gasteiger partial charge in [-0.25, -0.2) is 9.97 Å². The van der Waals surface area contributed by atoms with Crippen LogP contribution in [0.2, 0.25) is 0 Å². The van der Waals surface area contributed by atoms with Crippen molar-refractivity contribution in [2.45, 2.75) is 46.6 Å². The zero-order chi connectivity index (χ0) is 21.5. The van der Waals surface area contributed by atoms with E-state index in [1.54, 1.807) is 4.90 Å². The number of aryl methyl sites for hydroxylation is 2. The third kappa shape index (κ3) is 4.27. The zero-order valence-corrected chi connectivity index (χ0v) is 19.4. The lowest BCUT2D eigenvalue weighted by atomic mass is 9.95. The van der Waals surface area contributed by atoms with E-state index in [-0.39, 0.29) is 11.3 Å². The molecule has 3 rings (SSSR count). The van der Waals surface area contributed by atoms with E-state index in [4.69, 9.17) is 9.97 Å². The fourth-order valence-electron chi connectivity index (χ4n) is 3.30. The molecule has 1 aromatic carbocycles. The summed E-state index contributed by atoms with van der Waals surface area (Å²) in [7, 11) is 5.89. The molecule has 2 heterocycles. The monoisotopic (exact) mass is 410 g/mol. The van der Waals surface area contributed by atoms with E-state index >= 15 is 0 Å². The van der Waals surface area contributed by atoms with E-state index in [1.807, 2.05) is 35.0 Å². The van der Waals surface area contributed by atoms with Crippen LogP contribution in [0.3, 0.4) is 0 Å². The predicted octanol–water partition coefficient (Wildman–Crippen LogP) is 4.94. The molecule has 29 heavy (non-hydrogen) atoms. The van der Waals surface area contributed by atoms with Gasteiger partial charge in [0, 0.05) is 44.2 Å². The van der Waals surface area contributed by atoms with Gasteiger partial charge in [-0.3, -0.25) is 4.79 Å². The third-order valence-corrected chi connectivity index (χ3v) is 6.23. The number of anilines is 1. The van der Waals surface area contributed by atoms with Crippen LogP contribution in [0.15, 0.2) is 24.3 Å². The number of hydrogen-bond donors (Lipinski definition) is 0. The van der Waals surface area contributed by atoms with Gasteiger partial charge in [-0.05, 0) is 37.1 Å². The maximum absolute atomic E-state index is 13.2. The summed E-state index contributed by atoms with van der Waals surface area (Å²) in [6, 6.07) is 8.29. The lowest BCUT2D eigenvalue weighted by molar-refractivity contribution is 0.0789. The molecule has 0 aliphatic carbocycles. The molecule has 0 N–H and O–H groups in total. The van der Waals surface area contributed by atoms with Gasteiger partial charge >= 0.3 is 0 Å². The van der Waals surface area contributed by atoms with E-state index in [0.29, 0.717) is 6.54 Å². The Morgan fingerprint density at radius 1 is 1.03 bits per heavy atom. The topological polar surface area (TPSA) is 49.3 Å². The van der Waals surface area contributed by atoms with E-state index in [2.05, 4.69) is 49.9 Å². The largest absolute Gasteiger partial charge is 0.378 e. The van der Waals surface area contributed by atoms with Crippen molar-refractivity contribution in [2.75, 3.05) is 26.0 Å². The second-order valence-electron chi connectivity index (χ2n) is 8.84. The molecule has 1 amide bonds. The van der Waals surface area contributed by atoms with Crippen molar-refractivity contribution in [1.82, 2.24) is 14.9 Å². The van der Waals surface area contributed by atoms with Crippen LogP contribution >= 0.6 is 11.3 Å². The Morgan fingerprint density at radius 3 is 2.21 bits per heavy atom. The van der Waals surface area contributed by atoms with E-state index in [0.717, 1.165) is 43.4 Å². The molecule has 0 fully saturated rings. The standard InChI is InChI=1S/C23H30N4OS/c1-14-18-15(2)24-22(23(3,4)5)25-20(18)29-19(14)21(28)27(8)13-16-9-11-17(12-10-16)26(6)7/h9-12H,13H2,1-8H3. The Morgan fingerprint density at radius 2 is 1.66 bits per heavy atom. The van der Waals surface area contributed by atoms with Gasteiger partial charge in [-0.15, -0.1) is 11.3 Å². The van der Waals surface area contributed by atoms with Gasteiger partial charge in [0.25, 0.3) is 5.91 Å². The minimum absolute atomic E-state index is 0.0268. The van der Waals surface area contributed by atoms with Crippen molar-refractivity contribution in [3.8, 4) is 0 Å². The second-order valence-corrected chi connectivity index (χ2v) is 9.84. The summed E-state index contributed by atoms with van der Waals surface area (Å²) in [5.74, 6) is 0.844. The van der Waals surface area contributed by atoms with Gasteiger partial charge in [0.05, 0.1) is 10.6 Å². The summed E-state index contributed by atoms with van der Waals surface area (Å²) in [6.45, 7) is 10.9. The smallest absolute Gasteiger partial charge is 0.264 e. The Bertz CT molecular complexity index is 1050. The number of benzene rings is 1. The van der Waals surface area contributed by atoms with Crippen molar-refractivity contribution in [3.63, 3.8) is 0 Å². The minimum Gasteiger partial charge on any atom is -0.378 e. The Labute approximate surface area is 177 Å². The first-order valence-corrected chi connectivity index (χ1v) is 10.6. The number of rotatable bonds is 4. The Kier molecular flexibility index (Phi) is 5.68. The van der Waals surface area contributed by atoms with Crippen LogP contribution in [0.1, 0.15) is 53.1 Å². The van der Waals surface area contributed by atoms with Crippen molar-refractivity contribution in [3.05, 3.63) is 51.8 Å². The SMILES string of the molecule is Cc1nc(C(C)(C)C)nc2sc(C(=O)N(C)Cc3ccc(N(C)C)cc3)c(C)c12. The number of hydrogen-bond acceptors (Lipinski definition) is 5. The molecule has 0 atom stereocenters. The fraction of sp³-hybridized carbons (Fsp3) is 0.435. The Hall–Kier alpha value is -2.47. The number of nitrogens with zero attached hydrogens (tertiary/aromatic N) is 4. The highest BCUT2D eigenvalue weighted by Crippen LogP contribution is 2.34. The van der Waals surface area contributed by atoms with Gasteiger partial charge < -0.3 is 9.80 Å². The number of carbonyl (C=O) groups is 1. The normalized spacial score (nSPS) is 11.7. The average molecular weight is 411 g/mol. The Balaban J connectivity index is 1.90. The highest BCUT2D eigenvalue weighted by atomic mass is 32.1. The van der Waals surface area contributed by atoms with E-state index in [9.17, 15) is 4.79 Å². The van der Waals surface area contributed by atoms with Crippen LogP contribution in [0, 0.1) is 13.8 Å². The molecule has 3 aromatic rings. The fourth-order valence-corrected chi connectivity index (χ4v) is 4.52. The number of aromatic nitrogens is 2. The quantitative estimate of drug-likeness (QED) is 0.611. The molecule has 0 bridgehead atoms. The summed E-state index contributed by atoms with van der Waals surface area (Å²) in [6.07, 6.45) is 0. The summed E-state index contributed by atoms with van der Waals surface area (Å²) in [4.78, 5) is 28.1. The molecule has 0 saturated carbocycles. The van der Waals surface area contributed by atoms with E-state index < -0.39 is 0 Å². The van der Waals surface area contributed by atoms with Crippen LogP contribution in [0.5, 0.6) is 0 Å². The van der Waals surface area contributed by atoms with Crippen LogP contribution in [0.4, 0.5) is 5.69 Å². The van der Waals surface area contributed by atoms with Gasteiger partial charge in [0.15, 0.2) is 0 Å². The second kappa shape index (κ2) is 7.75. The molecular weight excluding hydrogens is 380 g/mol. The average Bonchev–Trinajstić information content (AvgIpc) is 2.97. The molecule has 6 heteroatoms. The maximum Gasteiger partial charge on any atom is 0.264 e. The minimum atomic E-state index is -0.128. The number of amides is 1. The van der Waals surface area contributed by atoms with Crippen molar-refractivity contribution in [1.29, 1.82) is 0 Å². The van der Waals surface area contributed by atoms with Crippen molar-refractivity contribution in [2.24, 2.45) is 0 Å². The molecule has 0 spiro atoms. The summed E-state index contributed by atoms with van der Waals surface area (Å²) in [5, 5.41) is 1.01. The predicted molar refractivity (Wildman–Crippen MR) is 122 cm³/mol. The molecule has 0 unspecified atom stereocenters. The highest BCUT2D eigenvalue weighted by Gasteiger charge is 2.24. The van der Waals surface area contributed by atoms with Gasteiger partial charge in [-0.1, -0.05) is 32.9 Å². The van der Waals surface area contributed by atoms with Gasteiger partial charge in [-0.2, -0.15) is 0 Å². The maximum atomic E-state index is 13.2. The number of thiophene rings is 1. The van der Waals surface area contributed by atoms with Crippen LogP contribution < -0.4 is 4.90 Å². The molecule has 0 radical (unpaired) electrons. The van der Waals surface area contributed by atoms with Gasteiger partial charge in [0.2, 0.25) is 0 Å². The van der Waals surface area contributed by atoms with Crippen LogP contribution in [-0.4, -0.2) is 41.9 Å². The molecule has 0 aliphatic rings. The molecule has 0 aliphatic heterocycles. The highest BCUT2D eigenvalue weighted by molar-refractivity contribution is 7.20. The first-order chi connectivity index (χ1) is 13.5. The molecule has 154 valence electrons. The number of carbonyl (C=O) groups excluding carboxylic acids is 1. The van der Waals surface area contributed by atoms with Gasteiger partial charge in [0.1, 0.15) is 10.7 Å².